The lowest BCUT2D eigenvalue weighted by molar-refractivity contribution is 0.102. The van der Waals surface area contributed by atoms with Gasteiger partial charge in [-0.1, -0.05) is 0 Å². The first-order valence-corrected chi connectivity index (χ1v) is 8.05. The van der Waals surface area contributed by atoms with Crippen LogP contribution in [0.15, 0.2) is 42.6 Å². The van der Waals surface area contributed by atoms with Crippen molar-refractivity contribution in [2.24, 2.45) is 5.92 Å². The lowest BCUT2D eigenvalue weighted by Crippen LogP contribution is -2.35. The molecule has 0 spiro atoms. The van der Waals surface area contributed by atoms with Crippen LogP contribution in [0, 0.1) is 11.7 Å². The molecule has 0 atom stereocenters. The monoisotopic (exact) mass is 329 g/mol. The van der Waals surface area contributed by atoms with Gasteiger partial charge in [0.05, 0.1) is 5.69 Å². The van der Waals surface area contributed by atoms with Gasteiger partial charge in [-0.15, -0.1) is 0 Å². The molecule has 1 saturated heterocycles. The van der Waals surface area contributed by atoms with E-state index in [2.05, 4.69) is 15.2 Å². The Morgan fingerprint density at radius 3 is 2.62 bits per heavy atom. The van der Waals surface area contributed by atoms with Crippen LogP contribution in [0.3, 0.4) is 0 Å². The number of hydrogen-bond donors (Lipinski definition) is 2. The van der Waals surface area contributed by atoms with E-state index >= 15 is 0 Å². The highest BCUT2D eigenvalue weighted by Gasteiger charge is 2.22. The summed E-state index contributed by atoms with van der Waals surface area (Å²) in [6, 6.07) is 9.00. The maximum absolute atomic E-state index is 13.0. The number of aliphatic hydroxyl groups is 1. The fraction of sp³-hybridized carbons (Fsp3) is 0.333. The van der Waals surface area contributed by atoms with Gasteiger partial charge in [0.25, 0.3) is 5.91 Å². The van der Waals surface area contributed by atoms with Crippen molar-refractivity contribution in [1.29, 1.82) is 0 Å². The standard InChI is InChI=1S/C18H20FN3O2/c19-15-5-3-14(4-6-15)18(24)21-16-2-1-9-20-17(16)22-10-7-13(12-23)8-11-22/h1-6,9,13,23H,7-8,10-12H2,(H,21,24). The molecule has 1 aromatic heterocycles. The molecular weight excluding hydrogens is 309 g/mol. The molecule has 0 saturated carbocycles. The van der Waals surface area contributed by atoms with Gasteiger partial charge in [-0.3, -0.25) is 4.79 Å². The van der Waals surface area contributed by atoms with Crippen LogP contribution < -0.4 is 10.2 Å². The van der Waals surface area contributed by atoms with Crippen molar-refractivity contribution >= 4 is 17.4 Å². The average molecular weight is 329 g/mol. The van der Waals surface area contributed by atoms with E-state index in [0.717, 1.165) is 31.7 Å². The second kappa shape index (κ2) is 7.40. The first-order chi connectivity index (χ1) is 11.7. The van der Waals surface area contributed by atoms with Crippen molar-refractivity contribution in [3.05, 3.63) is 54.0 Å². The summed E-state index contributed by atoms with van der Waals surface area (Å²) in [4.78, 5) is 18.9. The van der Waals surface area contributed by atoms with Crippen LogP contribution >= 0.6 is 0 Å². The molecule has 5 nitrogen and oxygen atoms in total. The smallest absolute Gasteiger partial charge is 0.255 e. The molecule has 126 valence electrons. The summed E-state index contributed by atoms with van der Waals surface area (Å²) in [5.74, 6) is 0.390. The van der Waals surface area contributed by atoms with Crippen molar-refractivity contribution in [2.45, 2.75) is 12.8 Å². The van der Waals surface area contributed by atoms with Crippen molar-refractivity contribution in [1.82, 2.24) is 4.98 Å². The van der Waals surface area contributed by atoms with E-state index in [-0.39, 0.29) is 18.3 Å². The zero-order chi connectivity index (χ0) is 16.9. The van der Waals surface area contributed by atoms with Crippen LogP contribution in [-0.4, -0.2) is 35.7 Å². The quantitative estimate of drug-likeness (QED) is 0.905. The maximum atomic E-state index is 13.0. The van der Waals surface area contributed by atoms with Gasteiger partial charge in [-0.05, 0) is 55.2 Å². The van der Waals surface area contributed by atoms with Gasteiger partial charge in [0, 0.05) is 31.5 Å². The summed E-state index contributed by atoms with van der Waals surface area (Å²) in [6.07, 6.45) is 3.50. The summed E-state index contributed by atoms with van der Waals surface area (Å²) in [5.41, 5.74) is 1.03. The van der Waals surface area contributed by atoms with E-state index in [4.69, 9.17) is 0 Å². The number of benzene rings is 1. The Balaban J connectivity index is 1.74. The Bertz CT molecular complexity index is 698. The number of rotatable bonds is 4. The van der Waals surface area contributed by atoms with Gasteiger partial charge < -0.3 is 15.3 Å². The Kier molecular flexibility index (Phi) is 5.05. The van der Waals surface area contributed by atoms with Crippen LogP contribution in [0.1, 0.15) is 23.2 Å². The number of anilines is 2. The SMILES string of the molecule is O=C(Nc1cccnc1N1CCC(CO)CC1)c1ccc(F)cc1. The summed E-state index contributed by atoms with van der Waals surface area (Å²) >= 11 is 0. The number of nitrogens with one attached hydrogen (secondary N) is 1. The zero-order valence-electron chi connectivity index (χ0n) is 13.3. The van der Waals surface area contributed by atoms with Crippen LogP contribution in [0.25, 0.3) is 0 Å². The molecule has 1 fully saturated rings. The van der Waals surface area contributed by atoms with Gasteiger partial charge in [-0.2, -0.15) is 0 Å². The van der Waals surface area contributed by atoms with Crippen LogP contribution in [0.5, 0.6) is 0 Å². The number of nitrogens with zero attached hydrogens (tertiary/aromatic N) is 2. The van der Waals surface area contributed by atoms with Crippen molar-refractivity contribution in [2.75, 3.05) is 29.9 Å². The molecule has 1 amide bonds. The first-order valence-electron chi connectivity index (χ1n) is 8.05. The highest BCUT2D eigenvalue weighted by molar-refractivity contribution is 6.05. The van der Waals surface area contributed by atoms with E-state index in [1.165, 1.54) is 24.3 Å². The minimum atomic E-state index is -0.375. The molecule has 0 radical (unpaired) electrons. The Hall–Kier alpha value is -2.47. The molecule has 0 aliphatic carbocycles. The Labute approximate surface area is 140 Å². The van der Waals surface area contributed by atoms with Gasteiger partial charge in [0.2, 0.25) is 0 Å². The molecule has 1 aliphatic rings. The minimum absolute atomic E-state index is 0.213. The number of aliphatic hydroxyl groups excluding tert-OH is 1. The number of hydrogen-bond acceptors (Lipinski definition) is 4. The Morgan fingerprint density at radius 2 is 1.96 bits per heavy atom. The lowest BCUT2D eigenvalue weighted by Gasteiger charge is -2.33. The summed E-state index contributed by atoms with van der Waals surface area (Å²) < 4.78 is 13.0. The number of amides is 1. The molecule has 24 heavy (non-hydrogen) atoms. The largest absolute Gasteiger partial charge is 0.396 e. The highest BCUT2D eigenvalue weighted by atomic mass is 19.1. The summed E-state index contributed by atoms with van der Waals surface area (Å²) in [6.45, 7) is 1.80. The topological polar surface area (TPSA) is 65.5 Å². The zero-order valence-corrected chi connectivity index (χ0v) is 13.3. The third kappa shape index (κ3) is 3.71. The second-order valence-electron chi connectivity index (χ2n) is 5.95. The normalized spacial score (nSPS) is 15.3. The molecule has 1 aliphatic heterocycles. The third-order valence-electron chi connectivity index (χ3n) is 4.31. The molecular formula is C18H20FN3O2. The molecule has 0 bridgehead atoms. The van der Waals surface area contributed by atoms with Crippen LogP contribution in [-0.2, 0) is 0 Å². The second-order valence-corrected chi connectivity index (χ2v) is 5.95. The molecule has 3 rings (SSSR count). The highest BCUT2D eigenvalue weighted by Crippen LogP contribution is 2.27. The van der Waals surface area contributed by atoms with E-state index in [0.29, 0.717) is 17.2 Å². The fourth-order valence-electron chi connectivity index (χ4n) is 2.87. The van der Waals surface area contributed by atoms with Crippen molar-refractivity contribution in [3.63, 3.8) is 0 Å². The summed E-state index contributed by atoms with van der Waals surface area (Å²) in [7, 11) is 0. The fourth-order valence-corrected chi connectivity index (χ4v) is 2.87. The molecule has 0 unspecified atom stereocenters. The number of carbonyl (C=O) groups excluding carboxylic acids is 1. The van der Waals surface area contributed by atoms with Crippen molar-refractivity contribution < 1.29 is 14.3 Å². The van der Waals surface area contributed by atoms with Gasteiger partial charge in [0.15, 0.2) is 5.82 Å². The van der Waals surface area contributed by atoms with Crippen molar-refractivity contribution in [3.8, 4) is 0 Å². The minimum Gasteiger partial charge on any atom is -0.396 e. The number of carbonyl (C=O) groups is 1. The average Bonchev–Trinajstić information content (AvgIpc) is 2.63. The Morgan fingerprint density at radius 1 is 1.25 bits per heavy atom. The van der Waals surface area contributed by atoms with E-state index < -0.39 is 0 Å². The molecule has 1 aromatic carbocycles. The van der Waals surface area contributed by atoms with E-state index in [1.54, 1.807) is 12.3 Å². The van der Waals surface area contributed by atoms with E-state index in [1.807, 2.05) is 6.07 Å². The predicted molar refractivity (Wildman–Crippen MR) is 90.6 cm³/mol. The van der Waals surface area contributed by atoms with Crippen LogP contribution in [0.2, 0.25) is 0 Å². The predicted octanol–water partition coefficient (Wildman–Crippen LogP) is 2.68. The number of halogens is 1. The molecule has 2 aromatic rings. The number of piperidine rings is 1. The first kappa shape index (κ1) is 16.4. The van der Waals surface area contributed by atoms with Crippen LogP contribution in [0.4, 0.5) is 15.9 Å². The molecule has 6 heteroatoms. The molecule has 2 N–H and O–H groups in total. The number of aromatic nitrogens is 1. The van der Waals surface area contributed by atoms with Gasteiger partial charge >= 0.3 is 0 Å². The van der Waals surface area contributed by atoms with Gasteiger partial charge in [0.1, 0.15) is 5.82 Å². The lowest BCUT2D eigenvalue weighted by atomic mass is 9.98. The number of pyridine rings is 1. The third-order valence-corrected chi connectivity index (χ3v) is 4.31. The van der Waals surface area contributed by atoms with Gasteiger partial charge in [-0.25, -0.2) is 9.37 Å². The van der Waals surface area contributed by atoms with E-state index in [9.17, 15) is 14.3 Å². The molecule has 2 heterocycles. The summed E-state index contributed by atoms with van der Waals surface area (Å²) in [5, 5.41) is 12.1. The maximum Gasteiger partial charge on any atom is 0.255 e.